The molecule has 1 saturated heterocycles. The Balaban J connectivity index is 2.36. The Labute approximate surface area is 305 Å². The molecule has 13 nitrogen and oxygen atoms in total. The first-order valence-electron chi connectivity index (χ1n) is 17.4. The Morgan fingerprint density at radius 3 is 1.96 bits per heavy atom. The van der Waals surface area contributed by atoms with Crippen molar-refractivity contribution in [3.05, 3.63) is 52.6 Å². The van der Waals surface area contributed by atoms with Crippen molar-refractivity contribution in [3.63, 3.8) is 0 Å². The minimum Gasteiger partial charge on any atom is -0.497 e. The van der Waals surface area contributed by atoms with Gasteiger partial charge >= 0.3 is 13.3 Å². The van der Waals surface area contributed by atoms with Crippen LogP contribution < -0.4 is 15.7 Å². The number of methoxy groups -OCH3 is 1. The fourth-order valence-electron chi connectivity index (χ4n) is 5.03. The first-order valence-corrected chi connectivity index (χ1v) is 24.9. The summed E-state index contributed by atoms with van der Waals surface area (Å²) in [5.74, 6) is -0.795. The standard InChI is InChI=1S/C35H59N4O9PSi2/c1-15-44-49(42,45-16-2)31(36-23-25-17-19-26(43-10)20-18-25)29-28(47-50(11,12)34(4,5)6)30(48-51(13,14)35(7,8)9)32(46-29)39-22-21-27(37-24(3)40)38-33(39)41/h17-23,28-32H,15-16H2,1-14H3,(H,37,38,40,41)/b36-23+/t28-,29+,30+,31-,32-/m1/s1. The number of carbonyl (C=O) groups excluding carboxylic acids is 1. The predicted molar refractivity (Wildman–Crippen MR) is 206 cm³/mol. The highest BCUT2D eigenvalue weighted by Gasteiger charge is 2.59. The number of carbonyl (C=O) groups is 1. The maximum Gasteiger partial charge on any atom is 0.357 e. The van der Waals surface area contributed by atoms with Crippen LogP contribution in [0.4, 0.5) is 5.82 Å². The maximum absolute atomic E-state index is 14.9. The molecule has 0 aliphatic carbocycles. The number of nitrogens with one attached hydrogen (secondary N) is 1. The van der Waals surface area contributed by atoms with E-state index in [-0.39, 0.29) is 35.0 Å². The predicted octanol–water partition coefficient (Wildman–Crippen LogP) is 7.60. The van der Waals surface area contributed by atoms with Gasteiger partial charge in [-0.2, -0.15) is 4.98 Å². The number of aliphatic imine (C=N–C) groups is 1. The van der Waals surface area contributed by atoms with Gasteiger partial charge in [-0.3, -0.25) is 18.9 Å². The highest BCUT2D eigenvalue weighted by Crippen LogP contribution is 2.58. The molecule has 1 fully saturated rings. The minimum absolute atomic E-state index is 0.0909. The summed E-state index contributed by atoms with van der Waals surface area (Å²) in [6.45, 7) is 26.2. The van der Waals surface area contributed by atoms with Gasteiger partial charge in [-0.05, 0) is 86.0 Å². The third-order valence-electron chi connectivity index (χ3n) is 9.84. The molecule has 0 saturated carbocycles. The number of rotatable bonds is 15. The van der Waals surface area contributed by atoms with Crippen molar-refractivity contribution in [2.45, 2.75) is 129 Å². The molecule has 1 aliphatic rings. The van der Waals surface area contributed by atoms with E-state index in [4.69, 9.17) is 32.4 Å². The van der Waals surface area contributed by atoms with Gasteiger partial charge in [0.05, 0.1) is 20.3 Å². The molecular weight excluding hydrogens is 708 g/mol. The average molecular weight is 767 g/mol. The van der Waals surface area contributed by atoms with Gasteiger partial charge in [0.1, 0.15) is 29.9 Å². The van der Waals surface area contributed by atoms with Crippen LogP contribution in [0, 0.1) is 0 Å². The number of nitrogens with zero attached hydrogens (tertiary/aromatic N) is 3. The van der Waals surface area contributed by atoms with Crippen molar-refractivity contribution < 1.29 is 36.7 Å². The van der Waals surface area contributed by atoms with Crippen LogP contribution in [-0.4, -0.2) is 82.7 Å². The second-order valence-electron chi connectivity index (χ2n) is 15.7. The van der Waals surface area contributed by atoms with Crippen LogP contribution in [0.5, 0.6) is 5.75 Å². The zero-order valence-electron chi connectivity index (χ0n) is 32.8. The smallest absolute Gasteiger partial charge is 0.357 e. The lowest BCUT2D eigenvalue weighted by Crippen LogP contribution is -2.55. The molecule has 1 aromatic carbocycles. The van der Waals surface area contributed by atoms with E-state index in [9.17, 15) is 14.2 Å². The fourth-order valence-corrected chi connectivity index (χ4v) is 9.54. The second kappa shape index (κ2) is 16.7. The average Bonchev–Trinajstić information content (AvgIpc) is 3.32. The fraction of sp³-hybridized carbons (Fsp3) is 0.657. The number of anilines is 1. The highest BCUT2D eigenvalue weighted by atomic mass is 31.2. The molecule has 1 aromatic heterocycles. The molecule has 1 N–H and O–H groups in total. The van der Waals surface area contributed by atoms with Gasteiger partial charge in [0.25, 0.3) is 0 Å². The van der Waals surface area contributed by atoms with Gasteiger partial charge in [-0.1, -0.05) is 41.5 Å². The van der Waals surface area contributed by atoms with Gasteiger partial charge in [0.15, 0.2) is 28.6 Å². The number of hydrogen-bond donors (Lipinski definition) is 1. The summed E-state index contributed by atoms with van der Waals surface area (Å²) in [7, 11) is -7.67. The molecule has 1 aliphatic heterocycles. The minimum atomic E-state index is -4.05. The van der Waals surface area contributed by atoms with Crippen molar-refractivity contribution in [3.8, 4) is 5.75 Å². The normalized spacial score (nSPS) is 21.2. The summed E-state index contributed by atoms with van der Waals surface area (Å²) in [5.41, 5.74) is 0.0534. The van der Waals surface area contributed by atoms with Crippen molar-refractivity contribution in [1.29, 1.82) is 0 Å². The zero-order valence-corrected chi connectivity index (χ0v) is 35.7. The lowest BCUT2D eigenvalue weighted by atomic mass is 10.1. The summed E-state index contributed by atoms with van der Waals surface area (Å²) in [6, 6.07) is 8.80. The lowest BCUT2D eigenvalue weighted by Gasteiger charge is -2.44. The van der Waals surface area contributed by atoms with E-state index < -0.39 is 60.2 Å². The van der Waals surface area contributed by atoms with Gasteiger partial charge in [0, 0.05) is 19.3 Å². The molecule has 2 heterocycles. The van der Waals surface area contributed by atoms with Crippen LogP contribution in [0.15, 0.2) is 46.3 Å². The number of aromatic nitrogens is 2. The Bertz CT molecular complexity index is 1610. The van der Waals surface area contributed by atoms with Gasteiger partial charge in [-0.15, -0.1) is 0 Å². The van der Waals surface area contributed by atoms with Crippen molar-refractivity contribution >= 4 is 42.2 Å². The van der Waals surface area contributed by atoms with Gasteiger partial charge < -0.3 is 32.7 Å². The van der Waals surface area contributed by atoms with E-state index in [1.54, 1.807) is 39.3 Å². The molecule has 0 radical (unpaired) electrons. The SMILES string of the molecule is CCOP(=O)(OCC)[C@@H](/N=C/c1ccc(OC)cc1)[C@H]1O[C@@H](n2ccc(NC(C)=O)nc2=O)[C@@H](O[Si](C)(C)C(C)(C)C)[C@@H]1O[Si](C)(C)C(C)(C)C. The summed E-state index contributed by atoms with van der Waals surface area (Å²) in [5, 5.41) is 2.10. The number of ether oxygens (including phenoxy) is 2. The summed E-state index contributed by atoms with van der Waals surface area (Å²) in [4.78, 5) is 34.5. The van der Waals surface area contributed by atoms with E-state index in [1.165, 1.54) is 23.8 Å². The molecule has 1 amide bonds. The molecule has 3 rings (SSSR count). The Hall–Kier alpha value is -2.50. The first kappa shape index (κ1) is 42.9. The molecule has 51 heavy (non-hydrogen) atoms. The maximum atomic E-state index is 14.9. The summed E-state index contributed by atoms with van der Waals surface area (Å²) < 4.78 is 54.7. The largest absolute Gasteiger partial charge is 0.497 e. The number of benzene rings is 1. The monoisotopic (exact) mass is 766 g/mol. The van der Waals surface area contributed by atoms with E-state index >= 15 is 0 Å². The van der Waals surface area contributed by atoms with E-state index in [1.807, 2.05) is 12.1 Å². The lowest BCUT2D eigenvalue weighted by molar-refractivity contribution is -0.114. The Kier molecular flexibility index (Phi) is 14.0. The third-order valence-corrected chi connectivity index (χ3v) is 21.1. The van der Waals surface area contributed by atoms with Gasteiger partial charge in [-0.25, -0.2) is 4.79 Å². The first-order chi connectivity index (χ1) is 23.5. The molecular formula is C35H59N4O9PSi2. The zero-order chi connectivity index (χ0) is 38.6. The molecule has 0 spiro atoms. The quantitative estimate of drug-likeness (QED) is 0.109. The molecule has 5 atom stereocenters. The summed E-state index contributed by atoms with van der Waals surface area (Å²) >= 11 is 0. The van der Waals surface area contributed by atoms with Crippen molar-refractivity contribution in [1.82, 2.24) is 9.55 Å². The molecule has 16 heteroatoms. The van der Waals surface area contributed by atoms with Crippen LogP contribution in [0.3, 0.4) is 0 Å². The van der Waals surface area contributed by atoms with E-state index in [0.29, 0.717) is 5.75 Å². The molecule has 0 bridgehead atoms. The van der Waals surface area contributed by atoms with Gasteiger partial charge in [0.2, 0.25) is 5.91 Å². The number of amides is 1. The van der Waals surface area contributed by atoms with Crippen LogP contribution in [0.1, 0.15) is 74.1 Å². The Morgan fingerprint density at radius 2 is 1.51 bits per heavy atom. The van der Waals surface area contributed by atoms with E-state index in [2.05, 4.69) is 78.0 Å². The number of hydrogen-bond acceptors (Lipinski definition) is 11. The van der Waals surface area contributed by atoms with Crippen LogP contribution >= 0.6 is 7.60 Å². The van der Waals surface area contributed by atoms with Crippen molar-refractivity contribution in [2.24, 2.45) is 4.99 Å². The molecule has 2 aromatic rings. The summed E-state index contributed by atoms with van der Waals surface area (Å²) in [6.07, 6.45) is -0.723. The topological polar surface area (TPSA) is 149 Å². The molecule has 286 valence electrons. The van der Waals surface area contributed by atoms with E-state index in [0.717, 1.165) is 5.56 Å². The van der Waals surface area contributed by atoms with Crippen molar-refractivity contribution in [2.75, 3.05) is 25.6 Å². The highest BCUT2D eigenvalue weighted by molar-refractivity contribution is 7.54. The van der Waals surface area contributed by atoms with Crippen LogP contribution in [0.25, 0.3) is 0 Å². The van der Waals surface area contributed by atoms with Crippen LogP contribution in [-0.2, 0) is 32.0 Å². The Morgan fingerprint density at radius 1 is 0.980 bits per heavy atom. The second-order valence-corrected chi connectivity index (χ2v) is 27.3. The third kappa shape index (κ3) is 10.3. The molecule has 0 unspecified atom stereocenters. The van der Waals surface area contributed by atoms with Crippen LogP contribution in [0.2, 0.25) is 36.3 Å².